The molecule has 3 heteroatoms. The van der Waals surface area contributed by atoms with Crippen LogP contribution in [0.3, 0.4) is 0 Å². The standard InChI is InChI=1S/C6H8O3/c1-2-4-3-9-6(8)5(4)7/h3,5,7H,2H2,1H3. The van der Waals surface area contributed by atoms with Crippen molar-refractivity contribution in [3.8, 4) is 0 Å². The van der Waals surface area contributed by atoms with E-state index < -0.39 is 12.1 Å². The van der Waals surface area contributed by atoms with Gasteiger partial charge in [0.25, 0.3) is 0 Å². The number of aliphatic hydroxyl groups is 1. The molecule has 1 atom stereocenters. The monoisotopic (exact) mass is 128 g/mol. The van der Waals surface area contributed by atoms with Gasteiger partial charge in [-0.15, -0.1) is 0 Å². The zero-order valence-corrected chi connectivity index (χ0v) is 5.13. The second-order valence-corrected chi connectivity index (χ2v) is 1.89. The highest BCUT2D eigenvalue weighted by Crippen LogP contribution is 2.15. The Morgan fingerprint density at radius 1 is 1.89 bits per heavy atom. The average Bonchev–Trinajstić information content (AvgIpc) is 2.15. The molecule has 0 amide bonds. The summed E-state index contributed by atoms with van der Waals surface area (Å²) in [5, 5.41) is 8.91. The van der Waals surface area contributed by atoms with Crippen LogP contribution in [-0.4, -0.2) is 17.2 Å². The van der Waals surface area contributed by atoms with Crippen molar-refractivity contribution < 1.29 is 14.6 Å². The number of hydrogen-bond acceptors (Lipinski definition) is 3. The second-order valence-electron chi connectivity index (χ2n) is 1.89. The molecule has 50 valence electrons. The summed E-state index contributed by atoms with van der Waals surface area (Å²) in [7, 11) is 0. The fraction of sp³-hybridized carbons (Fsp3) is 0.500. The highest BCUT2D eigenvalue weighted by Gasteiger charge is 2.25. The predicted octanol–water partition coefficient (Wildman–Crippen LogP) is 0.198. The summed E-state index contributed by atoms with van der Waals surface area (Å²) < 4.78 is 4.42. The zero-order valence-electron chi connectivity index (χ0n) is 5.13. The van der Waals surface area contributed by atoms with E-state index in [1.54, 1.807) is 0 Å². The van der Waals surface area contributed by atoms with Gasteiger partial charge in [0.15, 0.2) is 6.10 Å². The average molecular weight is 128 g/mol. The maximum Gasteiger partial charge on any atom is 0.344 e. The van der Waals surface area contributed by atoms with Crippen LogP contribution < -0.4 is 0 Å². The lowest BCUT2D eigenvalue weighted by molar-refractivity contribution is -0.142. The van der Waals surface area contributed by atoms with Gasteiger partial charge in [-0.25, -0.2) is 4.79 Å². The van der Waals surface area contributed by atoms with Gasteiger partial charge in [-0.2, -0.15) is 0 Å². The van der Waals surface area contributed by atoms with Crippen molar-refractivity contribution in [2.75, 3.05) is 0 Å². The first kappa shape index (κ1) is 6.29. The van der Waals surface area contributed by atoms with Crippen molar-refractivity contribution in [1.29, 1.82) is 0 Å². The maximum absolute atomic E-state index is 10.4. The van der Waals surface area contributed by atoms with E-state index in [1.807, 2.05) is 6.92 Å². The van der Waals surface area contributed by atoms with Crippen LogP contribution >= 0.6 is 0 Å². The Hall–Kier alpha value is -0.830. The molecule has 0 bridgehead atoms. The minimum absolute atomic E-state index is 0.563. The van der Waals surface area contributed by atoms with Crippen LogP contribution in [-0.2, 0) is 9.53 Å². The first-order chi connectivity index (χ1) is 4.25. The van der Waals surface area contributed by atoms with E-state index in [2.05, 4.69) is 4.74 Å². The Morgan fingerprint density at radius 3 is 2.78 bits per heavy atom. The molecule has 0 aromatic carbocycles. The molecule has 0 aliphatic carbocycles. The van der Waals surface area contributed by atoms with Crippen LogP contribution in [0.25, 0.3) is 0 Å². The number of cyclic esters (lactones) is 1. The van der Waals surface area contributed by atoms with Crippen LogP contribution in [0.1, 0.15) is 13.3 Å². The molecule has 1 aliphatic heterocycles. The Balaban J connectivity index is 2.66. The molecule has 0 saturated heterocycles. The summed E-state index contributed by atoms with van der Waals surface area (Å²) in [5.74, 6) is -0.563. The minimum Gasteiger partial charge on any atom is -0.432 e. The number of hydrogen-bond donors (Lipinski definition) is 1. The summed E-state index contributed by atoms with van der Waals surface area (Å²) in [6, 6.07) is 0. The molecule has 0 spiro atoms. The molecule has 1 unspecified atom stereocenters. The van der Waals surface area contributed by atoms with Crippen LogP contribution in [0.2, 0.25) is 0 Å². The lowest BCUT2D eigenvalue weighted by Gasteiger charge is -1.97. The lowest BCUT2D eigenvalue weighted by Crippen LogP contribution is -2.16. The summed E-state index contributed by atoms with van der Waals surface area (Å²) >= 11 is 0. The quantitative estimate of drug-likeness (QED) is 0.513. The topological polar surface area (TPSA) is 46.5 Å². The molecule has 1 aliphatic rings. The van der Waals surface area contributed by atoms with E-state index in [0.29, 0.717) is 12.0 Å². The molecular formula is C6H8O3. The van der Waals surface area contributed by atoms with E-state index in [0.717, 1.165) is 0 Å². The van der Waals surface area contributed by atoms with E-state index in [1.165, 1.54) is 6.26 Å². The first-order valence-electron chi connectivity index (χ1n) is 2.83. The van der Waals surface area contributed by atoms with Gasteiger partial charge in [-0.1, -0.05) is 6.92 Å². The number of carbonyl (C=O) groups is 1. The summed E-state index contributed by atoms with van der Waals surface area (Å²) in [6.07, 6.45) is 0.967. The molecular weight excluding hydrogens is 120 g/mol. The zero-order chi connectivity index (χ0) is 6.85. The van der Waals surface area contributed by atoms with Crippen LogP contribution in [0.4, 0.5) is 0 Å². The number of ether oxygens (including phenoxy) is 1. The molecule has 0 saturated carbocycles. The summed E-state index contributed by atoms with van der Waals surface area (Å²) in [4.78, 5) is 10.4. The van der Waals surface area contributed by atoms with Crippen molar-refractivity contribution in [3.63, 3.8) is 0 Å². The van der Waals surface area contributed by atoms with Crippen molar-refractivity contribution in [2.24, 2.45) is 0 Å². The van der Waals surface area contributed by atoms with Gasteiger partial charge >= 0.3 is 5.97 Å². The molecule has 3 nitrogen and oxygen atoms in total. The number of carbonyl (C=O) groups excluding carboxylic acids is 1. The van der Waals surface area contributed by atoms with Crippen molar-refractivity contribution in [1.82, 2.24) is 0 Å². The molecule has 1 rings (SSSR count). The van der Waals surface area contributed by atoms with Gasteiger partial charge in [-0.3, -0.25) is 0 Å². The number of rotatable bonds is 1. The smallest absolute Gasteiger partial charge is 0.344 e. The fourth-order valence-electron chi connectivity index (χ4n) is 0.691. The predicted molar refractivity (Wildman–Crippen MR) is 30.5 cm³/mol. The third-order valence-corrected chi connectivity index (χ3v) is 1.31. The van der Waals surface area contributed by atoms with E-state index in [-0.39, 0.29) is 0 Å². The highest BCUT2D eigenvalue weighted by atomic mass is 16.5. The molecule has 0 radical (unpaired) electrons. The molecule has 9 heavy (non-hydrogen) atoms. The Bertz CT molecular complexity index is 160. The van der Waals surface area contributed by atoms with Crippen LogP contribution in [0.5, 0.6) is 0 Å². The van der Waals surface area contributed by atoms with Gasteiger partial charge < -0.3 is 9.84 Å². The van der Waals surface area contributed by atoms with Gasteiger partial charge in [0, 0.05) is 5.57 Å². The third kappa shape index (κ3) is 0.954. The largest absolute Gasteiger partial charge is 0.432 e. The summed E-state index contributed by atoms with van der Waals surface area (Å²) in [5.41, 5.74) is 0.653. The second kappa shape index (κ2) is 2.19. The fourth-order valence-corrected chi connectivity index (χ4v) is 0.691. The van der Waals surface area contributed by atoms with Crippen molar-refractivity contribution in [3.05, 3.63) is 11.8 Å². The molecule has 1 heterocycles. The van der Waals surface area contributed by atoms with Crippen molar-refractivity contribution in [2.45, 2.75) is 19.4 Å². The maximum atomic E-state index is 10.4. The Kier molecular flexibility index (Phi) is 1.53. The Labute approximate surface area is 52.9 Å². The third-order valence-electron chi connectivity index (χ3n) is 1.31. The highest BCUT2D eigenvalue weighted by molar-refractivity contribution is 5.81. The van der Waals surface area contributed by atoms with Gasteiger partial charge in [0.05, 0.1) is 6.26 Å². The molecule has 0 aromatic heterocycles. The molecule has 0 fully saturated rings. The van der Waals surface area contributed by atoms with E-state index in [9.17, 15) is 4.79 Å². The normalized spacial score (nSPS) is 25.8. The van der Waals surface area contributed by atoms with Crippen molar-refractivity contribution >= 4 is 5.97 Å². The lowest BCUT2D eigenvalue weighted by atomic mass is 10.1. The first-order valence-corrected chi connectivity index (χ1v) is 2.83. The van der Waals surface area contributed by atoms with Gasteiger partial charge in [-0.05, 0) is 6.42 Å². The number of aliphatic hydroxyl groups excluding tert-OH is 1. The van der Waals surface area contributed by atoms with Crippen LogP contribution in [0.15, 0.2) is 11.8 Å². The van der Waals surface area contributed by atoms with Gasteiger partial charge in [0.2, 0.25) is 0 Å². The van der Waals surface area contributed by atoms with Crippen LogP contribution in [0, 0.1) is 0 Å². The van der Waals surface area contributed by atoms with Gasteiger partial charge in [0.1, 0.15) is 0 Å². The van der Waals surface area contributed by atoms with E-state index in [4.69, 9.17) is 5.11 Å². The summed E-state index contributed by atoms with van der Waals surface area (Å²) in [6.45, 7) is 1.86. The van der Waals surface area contributed by atoms with E-state index >= 15 is 0 Å². The molecule has 0 aromatic rings. The minimum atomic E-state index is -1.00. The number of esters is 1. The SMILES string of the molecule is CCC1=COC(=O)C1O. The Morgan fingerprint density at radius 2 is 2.56 bits per heavy atom. The molecule has 1 N–H and O–H groups in total.